The van der Waals surface area contributed by atoms with Gasteiger partial charge in [0.05, 0.1) is 0 Å². The van der Waals surface area contributed by atoms with Crippen LogP contribution in [0.25, 0.3) is 0 Å². The van der Waals surface area contributed by atoms with Gasteiger partial charge in [-0.05, 0) is 18.6 Å². The van der Waals surface area contributed by atoms with Crippen molar-refractivity contribution in [3.05, 3.63) is 17.0 Å². The largest absolute Gasteiger partial charge is 0.313 e. The Morgan fingerprint density at radius 2 is 2.00 bits per heavy atom. The molecule has 1 aromatic heterocycles. The van der Waals surface area contributed by atoms with Crippen molar-refractivity contribution in [3.63, 3.8) is 0 Å². The molecule has 0 radical (unpaired) electrons. The van der Waals surface area contributed by atoms with Crippen molar-refractivity contribution in [2.24, 2.45) is 0 Å². The lowest BCUT2D eigenvalue weighted by molar-refractivity contribution is 0.561. The first-order valence-electron chi connectivity index (χ1n) is 5.77. The smallest absolute Gasteiger partial charge is 0.250 e. The Morgan fingerprint density at radius 3 is 2.53 bits per heavy atom. The molecule has 0 atom stereocenters. The highest BCUT2D eigenvalue weighted by Crippen LogP contribution is 2.21. The summed E-state index contributed by atoms with van der Waals surface area (Å²) < 4.78 is 26.7. The molecule has 0 amide bonds. The van der Waals surface area contributed by atoms with E-state index in [1.54, 1.807) is 6.07 Å². The van der Waals surface area contributed by atoms with E-state index in [2.05, 4.69) is 10.0 Å². The van der Waals surface area contributed by atoms with Gasteiger partial charge in [0.15, 0.2) is 0 Å². The average molecular weight is 276 g/mol. The molecule has 0 aliphatic carbocycles. The van der Waals surface area contributed by atoms with Crippen molar-refractivity contribution in [1.29, 1.82) is 0 Å². The molecular formula is C11H20N2O2S2. The van der Waals surface area contributed by atoms with Crippen molar-refractivity contribution in [3.8, 4) is 0 Å². The third kappa shape index (κ3) is 4.75. The van der Waals surface area contributed by atoms with Crippen molar-refractivity contribution in [1.82, 2.24) is 10.0 Å². The van der Waals surface area contributed by atoms with Crippen LogP contribution in [0.1, 0.15) is 25.6 Å². The molecule has 0 bridgehead atoms. The van der Waals surface area contributed by atoms with E-state index in [-0.39, 0.29) is 0 Å². The Kier molecular flexibility index (Phi) is 5.58. The number of thiophene rings is 1. The molecule has 0 fully saturated rings. The van der Waals surface area contributed by atoms with Gasteiger partial charge in [-0.3, -0.25) is 0 Å². The standard InChI is InChI=1S/C11H20N2O2S2/c1-4-10-5-6-11(16-10)17(14,15)13-8-7-12-9(2)3/h5-6,9,12-13H,4,7-8H2,1-3H3. The Morgan fingerprint density at radius 1 is 1.29 bits per heavy atom. The Bertz CT molecular complexity index is 438. The molecule has 1 rings (SSSR count). The molecule has 0 aromatic carbocycles. The maximum Gasteiger partial charge on any atom is 0.250 e. The van der Waals surface area contributed by atoms with Crippen LogP contribution in [0.3, 0.4) is 0 Å². The summed E-state index contributed by atoms with van der Waals surface area (Å²) in [6.45, 7) is 7.13. The van der Waals surface area contributed by atoms with Crippen molar-refractivity contribution in [2.45, 2.75) is 37.4 Å². The summed E-state index contributed by atoms with van der Waals surface area (Å²) in [7, 11) is -3.32. The van der Waals surface area contributed by atoms with Gasteiger partial charge < -0.3 is 5.32 Å². The lowest BCUT2D eigenvalue weighted by atomic mass is 10.4. The molecule has 17 heavy (non-hydrogen) atoms. The second kappa shape index (κ2) is 6.49. The van der Waals surface area contributed by atoms with Gasteiger partial charge >= 0.3 is 0 Å². The number of hydrogen-bond acceptors (Lipinski definition) is 4. The SMILES string of the molecule is CCc1ccc(S(=O)(=O)NCCNC(C)C)s1. The number of rotatable bonds is 7. The number of sulfonamides is 1. The molecule has 0 unspecified atom stereocenters. The highest BCUT2D eigenvalue weighted by atomic mass is 32.2. The number of aryl methyl sites for hydroxylation is 1. The fourth-order valence-electron chi connectivity index (χ4n) is 1.31. The zero-order valence-corrected chi connectivity index (χ0v) is 12.1. The van der Waals surface area contributed by atoms with Crippen LogP contribution >= 0.6 is 11.3 Å². The summed E-state index contributed by atoms with van der Waals surface area (Å²) in [6, 6.07) is 3.90. The van der Waals surface area contributed by atoms with Crippen molar-refractivity contribution >= 4 is 21.4 Å². The first kappa shape index (κ1) is 14.6. The van der Waals surface area contributed by atoms with Crippen molar-refractivity contribution in [2.75, 3.05) is 13.1 Å². The lowest BCUT2D eigenvalue weighted by Crippen LogP contribution is -2.34. The zero-order chi connectivity index (χ0) is 12.9. The van der Waals surface area contributed by atoms with Gasteiger partial charge in [-0.2, -0.15) is 0 Å². The predicted octanol–water partition coefficient (Wildman–Crippen LogP) is 1.59. The highest BCUT2D eigenvalue weighted by Gasteiger charge is 2.15. The van der Waals surface area contributed by atoms with E-state index in [9.17, 15) is 8.42 Å². The minimum Gasteiger partial charge on any atom is -0.313 e. The van der Waals surface area contributed by atoms with Gasteiger partial charge in [-0.1, -0.05) is 20.8 Å². The molecule has 0 spiro atoms. The number of nitrogens with one attached hydrogen (secondary N) is 2. The van der Waals surface area contributed by atoms with Crippen LogP contribution in [-0.4, -0.2) is 27.5 Å². The monoisotopic (exact) mass is 276 g/mol. The van der Waals surface area contributed by atoms with E-state index in [0.717, 1.165) is 11.3 Å². The third-order valence-corrected chi connectivity index (χ3v) is 5.40. The Labute approximate surface area is 107 Å². The van der Waals surface area contributed by atoms with Gasteiger partial charge in [0.1, 0.15) is 4.21 Å². The summed E-state index contributed by atoms with van der Waals surface area (Å²) in [6.07, 6.45) is 0.870. The minimum absolute atomic E-state index is 0.368. The maximum atomic E-state index is 11.9. The summed E-state index contributed by atoms with van der Waals surface area (Å²) in [5, 5.41) is 3.16. The van der Waals surface area contributed by atoms with Crippen LogP contribution in [0.5, 0.6) is 0 Å². The second-order valence-corrected chi connectivity index (χ2v) is 7.24. The average Bonchev–Trinajstić information content (AvgIpc) is 2.73. The van der Waals surface area contributed by atoms with E-state index in [4.69, 9.17) is 0 Å². The molecule has 98 valence electrons. The van der Waals surface area contributed by atoms with E-state index in [1.165, 1.54) is 11.3 Å². The van der Waals surface area contributed by atoms with Crippen LogP contribution in [0.2, 0.25) is 0 Å². The van der Waals surface area contributed by atoms with Crippen LogP contribution in [0.15, 0.2) is 16.3 Å². The van der Waals surface area contributed by atoms with E-state index < -0.39 is 10.0 Å². The van der Waals surface area contributed by atoms with Gasteiger partial charge in [0.2, 0.25) is 10.0 Å². The summed E-state index contributed by atoms with van der Waals surface area (Å²) in [4.78, 5) is 1.09. The second-order valence-electron chi connectivity index (χ2n) is 4.08. The highest BCUT2D eigenvalue weighted by molar-refractivity contribution is 7.91. The molecule has 0 saturated carbocycles. The molecular weight excluding hydrogens is 256 g/mol. The van der Waals surface area contributed by atoms with Crippen LogP contribution in [-0.2, 0) is 16.4 Å². The lowest BCUT2D eigenvalue weighted by Gasteiger charge is -2.08. The van der Waals surface area contributed by atoms with E-state index >= 15 is 0 Å². The van der Waals surface area contributed by atoms with Crippen LogP contribution in [0.4, 0.5) is 0 Å². The van der Waals surface area contributed by atoms with Gasteiger partial charge in [-0.25, -0.2) is 13.1 Å². The Balaban J connectivity index is 2.51. The molecule has 0 saturated heterocycles. The summed E-state index contributed by atoms with van der Waals surface area (Å²) in [5.74, 6) is 0. The Hall–Kier alpha value is -0.430. The fourth-order valence-corrected chi connectivity index (χ4v) is 3.68. The van der Waals surface area contributed by atoms with Crippen molar-refractivity contribution < 1.29 is 8.42 Å². The zero-order valence-electron chi connectivity index (χ0n) is 10.5. The minimum atomic E-state index is -3.32. The number of hydrogen-bond donors (Lipinski definition) is 2. The summed E-state index contributed by atoms with van der Waals surface area (Å²) >= 11 is 1.33. The molecule has 4 nitrogen and oxygen atoms in total. The first-order chi connectivity index (χ1) is 7.95. The fraction of sp³-hybridized carbons (Fsp3) is 0.636. The topological polar surface area (TPSA) is 58.2 Å². The molecule has 2 N–H and O–H groups in total. The van der Waals surface area contributed by atoms with E-state index in [1.807, 2.05) is 26.8 Å². The maximum absolute atomic E-state index is 11.9. The van der Waals surface area contributed by atoms with Gasteiger partial charge in [0, 0.05) is 24.0 Å². The van der Waals surface area contributed by atoms with Gasteiger partial charge in [0.25, 0.3) is 0 Å². The third-order valence-electron chi connectivity index (χ3n) is 2.22. The first-order valence-corrected chi connectivity index (χ1v) is 8.07. The summed E-state index contributed by atoms with van der Waals surface area (Å²) in [5.41, 5.74) is 0. The molecule has 0 aliphatic heterocycles. The molecule has 1 aromatic rings. The molecule has 1 heterocycles. The van der Waals surface area contributed by atoms with Gasteiger partial charge in [-0.15, -0.1) is 11.3 Å². The van der Waals surface area contributed by atoms with E-state index in [0.29, 0.717) is 23.3 Å². The quantitative estimate of drug-likeness (QED) is 0.744. The predicted molar refractivity (Wildman–Crippen MR) is 72.0 cm³/mol. The van der Waals surface area contributed by atoms with Crippen LogP contribution < -0.4 is 10.0 Å². The van der Waals surface area contributed by atoms with Crippen LogP contribution in [0, 0.1) is 0 Å². The molecule has 0 aliphatic rings. The molecule has 6 heteroatoms. The normalized spacial score (nSPS) is 12.2.